The van der Waals surface area contributed by atoms with Crippen LogP contribution in [0.1, 0.15) is 99.1 Å². The molecule has 0 saturated carbocycles. The van der Waals surface area contributed by atoms with Crippen LogP contribution < -0.4 is 91.0 Å². The van der Waals surface area contributed by atoms with Crippen LogP contribution in [0.5, 0.6) is 5.75 Å². The van der Waals surface area contributed by atoms with Gasteiger partial charge in [-0.05, 0) is 155 Å². The lowest BCUT2D eigenvalue weighted by Crippen LogP contribution is -2.60. The largest absolute Gasteiger partial charge is 0.508 e. The summed E-state index contributed by atoms with van der Waals surface area (Å²) in [6, 6.07) is 14.2. The summed E-state index contributed by atoms with van der Waals surface area (Å²) in [5.41, 5.74) is 22.2. The van der Waals surface area contributed by atoms with E-state index in [0.717, 1.165) is 27.4 Å². The van der Waals surface area contributed by atoms with Crippen molar-refractivity contribution in [2.24, 2.45) is 17.2 Å². The Morgan fingerprint density at radius 3 is 1.59 bits per heavy atom. The van der Waals surface area contributed by atoms with Crippen molar-refractivity contribution in [1.82, 2.24) is 98.7 Å². The van der Waals surface area contributed by atoms with E-state index in [1.807, 2.05) is 79.9 Å². The number of nitrogens with zero attached hydrogens (tertiary/aromatic N) is 2. The van der Waals surface area contributed by atoms with Crippen LogP contribution in [0.4, 0.5) is 0 Å². The van der Waals surface area contributed by atoms with E-state index in [1.54, 1.807) is 37.2 Å². The lowest BCUT2D eigenvalue weighted by molar-refractivity contribution is -0.142. The van der Waals surface area contributed by atoms with Crippen LogP contribution >= 0.6 is 48.0 Å². The number of phenolic OH excluding ortho intramolecular Hbond substituents is 1. The normalized spacial score (nSPS) is 15.0. The Morgan fingerprint density at radius 2 is 1.01 bits per heavy atom. The summed E-state index contributed by atoms with van der Waals surface area (Å²) in [7, 11) is 1.87. The van der Waals surface area contributed by atoms with Crippen molar-refractivity contribution in [2.45, 2.75) is 176 Å². The molecule has 1 unspecified atom stereocenters. The van der Waals surface area contributed by atoms with Crippen LogP contribution in [0.15, 0.2) is 128 Å². The number of primary amides is 1. The minimum absolute atomic E-state index is 0.00104. The zero-order valence-corrected chi connectivity index (χ0v) is 75.2. The van der Waals surface area contributed by atoms with E-state index >= 15 is 9.59 Å². The van der Waals surface area contributed by atoms with Crippen molar-refractivity contribution in [1.29, 1.82) is 0 Å². The van der Waals surface area contributed by atoms with Gasteiger partial charge >= 0.3 is 0 Å². The second-order valence-electron chi connectivity index (χ2n) is 30.9. The number of nitrogens with one attached hydrogen (secondary N) is 17. The number of likely N-dealkylation sites (tertiary alicyclic amines) is 1. The first-order chi connectivity index (χ1) is 61.6. The molecule has 0 radical (unpaired) electrons. The Hall–Kier alpha value is -11.6. The molecule has 12 atom stereocenters. The molecule has 7 aromatic rings. The molecule has 4 heterocycles. The van der Waals surface area contributed by atoms with Gasteiger partial charge < -0.3 is 111 Å². The number of carbonyl (C=O) groups excluding carboxylic acids is 15. The van der Waals surface area contributed by atoms with E-state index in [4.69, 9.17) is 17.2 Å². The molecular formula is C85H117BN22O16S4. The molecule has 15 amide bonds. The highest BCUT2D eigenvalue weighted by Gasteiger charge is 2.42. The van der Waals surface area contributed by atoms with Gasteiger partial charge in [-0.25, -0.2) is 4.98 Å². The quantitative estimate of drug-likeness (QED) is 0.00860. The number of rotatable bonds is 55. The van der Waals surface area contributed by atoms with Gasteiger partial charge in [0.25, 0.3) is 0 Å². The number of benzene rings is 4. The molecule has 8 rings (SSSR count). The van der Waals surface area contributed by atoms with E-state index in [0.29, 0.717) is 72.5 Å². The number of nitrogens with two attached hydrogens (primary N) is 3. The number of aromatic nitrogens is 4. The molecule has 690 valence electrons. The number of para-hydroxylation sites is 2. The smallest absolute Gasteiger partial charge is 0.246 e. The molecule has 1 fully saturated rings. The van der Waals surface area contributed by atoms with E-state index in [-0.39, 0.29) is 88.8 Å². The number of aromatic amines is 3. The van der Waals surface area contributed by atoms with E-state index < -0.39 is 181 Å². The minimum Gasteiger partial charge on any atom is -0.508 e. The molecule has 4 aromatic carbocycles. The summed E-state index contributed by atoms with van der Waals surface area (Å²) < 4.78 is 3.08. The van der Waals surface area contributed by atoms with Gasteiger partial charge in [-0.1, -0.05) is 78.9 Å². The predicted molar refractivity (Wildman–Crippen MR) is 495 cm³/mol. The second-order valence-corrected chi connectivity index (χ2v) is 33.9. The first-order valence-corrected chi connectivity index (χ1v) is 46.9. The van der Waals surface area contributed by atoms with Crippen molar-refractivity contribution < 1.29 is 77.0 Å². The third-order valence-electron chi connectivity index (χ3n) is 21.3. The van der Waals surface area contributed by atoms with E-state index in [1.165, 1.54) is 77.7 Å². The van der Waals surface area contributed by atoms with E-state index in [2.05, 4.69) is 106 Å². The van der Waals surface area contributed by atoms with Crippen LogP contribution in [0.3, 0.4) is 0 Å². The van der Waals surface area contributed by atoms with Crippen molar-refractivity contribution in [3.63, 3.8) is 0 Å². The predicted octanol–water partition coefficient (Wildman–Crippen LogP) is -1.87. The van der Waals surface area contributed by atoms with Crippen LogP contribution in [-0.2, 0) is 104 Å². The minimum atomic E-state index is -1.47. The monoisotopic (exact) mass is 1840 g/mol. The average Bonchev–Trinajstić information content (AvgIpc) is 1.64. The van der Waals surface area contributed by atoms with Crippen LogP contribution in [-0.4, -0.2) is 267 Å². The Balaban J connectivity index is 0.918. The molecule has 1 aliphatic heterocycles. The Kier molecular flexibility index (Phi) is 42.3. The lowest BCUT2D eigenvalue weighted by atomic mass is 10.0. The molecule has 1 aliphatic rings. The molecule has 0 spiro atoms. The highest BCUT2D eigenvalue weighted by atomic mass is 32.2. The number of carbonyl (C=O) groups is 15. The number of fused-ring (bicyclic) bond motifs is 2. The summed E-state index contributed by atoms with van der Waals surface area (Å²) in [5, 5.41) is 46.1. The van der Waals surface area contributed by atoms with Crippen LogP contribution in [0.25, 0.3) is 21.8 Å². The fourth-order valence-electron chi connectivity index (χ4n) is 14.3. The van der Waals surface area contributed by atoms with Gasteiger partial charge in [0.1, 0.15) is 72.2 Å². The van der Waals surface area contributed by atoms with Gasteiger partial charge in [0.05, 0.1) is 37.7 Å². The highest BCUT2D eigenvalue weighted by molar-refractivity contribution is 8.18. The third kappa shape index (κ3) is 32.6. The summed E-state index contributed by atoms with van der Waals surface area (Å²) in [6.07, 6.45) is 12.4. The van der Waals surface area contributed by atoms with Gasteiger partial charge in [0.15, 0.2) is 7.12 Å². The number of aromatic hydroxyl groups is 1. The number of thiol groups is 1. The summed E-state index contributed by atoms with van der Waals surface area (Å²) in [5.74, 6) is -11.4. The molecule has 24 N–H and O–H groups in total. The van der Waals surface area contributed by atoms with Gasteiger partial charge in [-0.3, -0.25) is 76.6 Å². The topological polar surface area (TPSA) is 586 Å². The fourth-order valence-corrected chi connectivity index (χ4v) is 15.9. The zero-order valence-electron chi connectivity index (χ0n) is 71.9. The van der Waals surface area contributed by atoms with Crippen molar-refractivity contribution in [3.8, 4) is 5.75 Å². The lowest BCUT2D eigenvalue weighted by Gasteiger charge is -2.31. The first-order valence-electron chi connectivity index (χ1n) is 42.2. The SMILES string of the molecule is BSNCCCC[C@@H](NC(=O)CNC(=O)C(CS)NC(=O)CNC(=O)CNC(=O)[C@@H](CCCCN)NC(=O)[C@@H](Cc1ccc(O)cc1)NC(=O)[C@@H](CCSC)NC(=O)[C@@H](CCSC)NC(=O)[C@@H](C)NC(=O)[C@@H](Cc1c[nH]c2ccccc12)NC(=O)[C@H]1CCCN1C(=O)[C@@H](Cc1c[nH]cn1)NC(=O)[C@@H](Cc1c[nH]c2ccccc12)NC(=O)[C@H](N)Cc1ccccc1)C(N)=O. The molecule has 128 heavy (non-hydrogen) atoms. The number of hydrogen-bond donors (Lipinski definition) is 22. The number of imidazole rings is 1. The molecule has 38 nitrogen and oxygen atoms in total. The number of phenols is 1. The molecular weight excluding hydrogens is 1720 g/mol. The maximum Gasteiger partial charge on any atom is 0.246 e. The van der Waals surface area contributed by atoms with Crippen molar-refractivity contribution in [2.75, 3.05) is 69.0 Å². The first kappa shape index (κ1) is 102. The van der Waals surface area contributed by atoms with Crippen molar-refractivity contribution in [3.05, 3.63) is 156 Å². The van der Waals surface area contributed by atoms with Gasteiger partial charge in [0.2, 0.25) is 88.6 Å². The van der Waals surface area contributed by atoms with Gasteiger partial charge in [-0.15, -0.1) is 11.8 Å². The number of amides is 15. The van der Waals surface area contributed by atoms with E-state index in [9.17, 15) is 67.4 Å². The maximum absolute atomic E-state index is 15.3. The third-order valence-corrected chi connectivity index (χ3v) is 23.5. The second kappa shape index (κ2) is 53.2. The molecule has 1 saturated heterocycles. The molecule has 0 bridgehead atoms. The number of thioether (sulfide) groups is 2. The Labute approximate surface area is 760 Å². The van der Waals surface area contributed by atoms with Gasteiger partial charge in [-0.2, -0.15) is 36.2 Å². The van der Waals surface area contributed by atoms with Gasteiger partial charge in [0, 0.05) is 84.9 Å². The standard InChI is InChI=1S/C85H117BN22O16S4/c1-49(98-81(120)66(38-52-41-91-59-20-9-7-18-56(52)59)106-84(123)70-24-15-33-108(70)85(124)68(40-54-43-90-48-96-54)107-83(122)67(39-53-42-92-60-21-10-8-19-57(53)60)104-76(115)58(88)36-50-16-5-4-6-17-50)75(114)101-63(29-34-126-2)79(118)103-64(30-35-127-3)80(119)105-65(37-51-25-27-55(109)28-26-51)82(121)102-62(23-11-13-31-87)77(116)94-44-71(110)93-45-72(111)100-69(47-125)78(117)95-46-73(112)99-61(74(89)113)22-12-14-32-97-128-86/h4-10,16-21,25-28,41-43,48-49,58,61-70,91-92,97,109,125H,11-15,22-24,29-40,44-47,86-88H2,1-3H3,(H2,89,113)(H,90,96)(H,93,110)(H,94,116)(H,95,117)(H,98,120)(H,99,112)(H,100,111)(H,101,114)(H,102,121)(H,103,118)(H,104,115)(H,105,119)(H,106,123)(H,107,122)/t49-,58-,61-,62-,63-,64-,65-,66-,67-,68-,69?,70-/m1/s1. The number of hydrogen-bond acceptors (Lipinski definition) is 24. The average molecular weight is 1840 g/mol. The number of unbranched alkanes of at least 4 members (excludes halogenated alkanes) is 2. The van der Waals surface area contributed by atoms with Crippen LogP contribution in [0, 0.1) is 0 Å². The van der Waals surface area contributed by atoms with Crippen LogP contribution in [0.2, 0.25) is 0 Å². The summed E-state index contributed by atoms with van der Waals surface area (Å²) >= 11 is 8.28. The molecule has 43 heteroatoms. The Bertz CT molecular complexity index is 4880. The van der Waals surface area contributed by atoms with Crippen molar-refractivity contribution >= 4 is 165 Å². The molecule has 0 aliphatic carbocycles. The maximum atomic E-state index is 15.3. The Morgan fingerprint density at radius 1 is 0.516 bits per heavy atom. The summed E-state index contributed by atoms with van der Waals surface area (Å²) in [4.78, 5) is 226. The zero-order chi connectivity index (χ0) is 92.6. The highest BCUT2D eigenvalue weighted by Crippen LogP contribution is 2.25. The number of H-pyrrole nitrogens is 3. The summed E-state index contributed by atoms with van der Waals surface area (Å²) in [6.45, 7) is 0.408. The molecule has 3 aromatic heterocycles. The fraction of sp³-hybridized carbons (Fsp3) is 0.459.